The van der Waals surface area contributed by atoms with E-state index in [0.717, 1.165) is 12.3 Å². The highest BCUT2D eigenvalue weighted by Gasteiger charge is 2.31. The number of hydrogen-bond donors (Lipinski definition) is 0. The van der Waals surface area contributed by atoms with Crippen molar-refractivity contribution >= 4 is 5.69 Å². The predicted octanol–water partition coefficient (Wildman–Crippen LogP) is 2.07. The van der Waals surface area contributed by atoms with Crippen LogP contribution in [-0.4, -0.2) is 22.7 Å². The third-order valence-electron chi connectivity index (χ3n) is 1.42. The Kier molecular flexibility index (Phi) is 3.25. The Hall–Kier alpha value is -1.93. The van der Waals surface area contributed by atoms with Crippen LogP contribution >= 0.6 is 0 Å². The lowest BCUT2D eigenvalue weighted by Crippen LogP contribution is -2.19. The van der Waals surface area contributed by atoms with Crippen molar-refractivity contribution in [2.24, 2.45) is 0 Å². The Bertz CT molecular complexity index is 407. The van der Waals surface area contributed by atoms with Crippen LogP contribution in [0.15, 0.2) is 12.3 Å². The highest BCUT2D eigenvalue weighted by molar-refractivity contribution is 5.44. The first-order valence-electron chi connectivity index (χ1n) is 3.79. The summed E-state index contributed by atoms with van der Waals surface area (Å²) in [5.41, 5.74) is -1.22. The smallest absolute Gasteiger partial charge is 0.422 e. The van der Waals surface area contributed by atoms with Crippen LogP contribution in [0, 0.1) is 16.1 Å². The maximum Gasteiger partial charge on any atom is 0.422 e. The van der Waals surface area contributed by atoms with Gasteiger partial charge in [0.25, 0.3) is 5.95 Å². The fourth-order valence-corrected chi connectivity index (χ4v) is 0.853. The Labute approximate surface area is 85.8 Å². The van der Waals surface area contributed by atoms with Gasteiger partial charge in [-0.2, -0.15) is 17.6 Å². The number of aromatic nitrogens is 1. The number of pyridine rings is 1. The van der Waals surface area contributed by atoms with Gasteiger partial charge >= 0.3 is 11.9 Å². The van der Waals surface area contributed by atoms with Crippen molar-refractivity contribution in [3.05, 3.63) is 28.3 Å². The maximum atomic E-state index is 12.8. The van der Waals surface area contributed by atoms with E-state index in [1.807, 2.05) is 0 Å². The van der Waals surface area contributed by atoms with Gasteiger partial charge in [-0.1, -0.05) is 0 Å². The molecule has 0 saturated carbocycles. The molecule has 1 heterocycles. The molecule has 0 aliphatic rings. The number of alkyl halides is 3. The zero-order valence-electron chi connectivity index (χ0n) is 7.49. The fraction of sp³-hybridized carbons (Fsp3) is 0.286. The molecule has 0 atom stereocenters. The van der Waals surface area contributed by atoms with Gasteiger partial charge in [-0.3, -0.25) is 10.1 Å². The van der Waals surface area contributed by atoms with Crippen LogP contribution in [0.4, 0.5) is 23.2 Å². The van der Waals surface area contributed by atoms with Crippen molar-refractivity contribution in [1.82, 2.24) is 4.98 Å². The summed E-state index contributed by atoms with van der Waals surface area (Å²) in [6.45, 7) is -1.74. The van der Waals surface area contributed by atoms with E-state index in [1.165, 1.54) is 0 Å². The van der Waals surface area contributed by atoms with Gasteiger partial charge in [0.15, 0.2) is 6.61 Å². The molecular formula is C7H4F4N2O3. The molecule has 0 aliphatic carbocycles. The Morgan fingerprint density at radius 1 is 1.50 bits per heavy atom. The molecule has 0 amide bonds. The second-order valence-corrected chi connectivity index (χ2v) is 2.61. The number of nitrogens with zero attached hydrogens (tertiary/aromatic N) is 2. The third kappa shape index (κ3) is 3.04. The topological polar surface area (TPSA) is 65.3 Å². The van der Waals surface area contributed by atoms with Gasteiger partial charge < -0.3 is 4.74 Å². The first kappa shape index (κ1) is 12.1. The van der Waals surface area contributed by atoms with Crippen molar-refractivity contribution in [2.45, 2.75) is 6.18 Å². The minimum Gasteiger partial charge on any atom is -0.477 e. The molecule has 0 unspecified atom stereocenters. The normalized spacial score (nSPS) is 11.2. The van der Waals surface area contributed by atoms with Crippen LogP contribution in [0.5, 0.6) is 5.75 Å². The van der Waals surface area contributed by atoms with Crippen molar-refractivity contribution in [3.63, 3.8) is 0 Å². The van der Waals surface area contributed by atoms with Gasteiger partial charge in [-0.15, -0.1) is 0 Å². The van der Waals surface area contributed by atoms with Crippen LogP contribution in [0.25, 0.3) is 0 Å². The fourth-order valence-electron chi connectivity index (χ4n) is 0.853. The Balaban J connectivity index is 2.96. The van der Waals surface area contributed by atoms with Crippen LogP contribution in [-0.2, 0) is 0 Å². The molecule has 0 N–H and O–H groups in total. The maximum absolute atomic E-state index is 12.8. The number of halogens is 4. The third-order valence-corrected chi connectivity index (χ3v) is 1.42. The summed E-state index contributed by atoms with van der Waals surface area (Å²) >= 11 is 0. The monoisotopic (exact) mass is 240 g/mol. The second-order valence-electron chi connectivity index (χ2n) is 2.61. The van der Waals surface area contributed by atoms with E-state index in [-0.39, 0.29) is 0 Å². The van der Waals surface area contributed by atoms with E-state index in [2.05, 4.69) is 9.72 Å². The molecule has 1 rings (SSSR count). The number of nitro groups is 1. The minimum atomic E-state index is -4.66. The summed E-state index contributed by atoms with van der Waals surface area (Å²) < 4.78 is 52.2. The van der Waals surface area contributed by atoms with E-state index in [4.69, 9.17) is 0 Å². The molecule has 9 heteroatoms. The first-order chi connectivity index (χ1) is 7.31. The number of hydrogen-bond acceptors (Lipinski definition) is 4. The van der Waals surface area contributed by atoms with Gasteiger partial charge in [0.1, 0.15) is 0 Å². The van der Waals surface area contributed by atoms with Crippen molar-refractivity contribution in [1.29, 1.82) is 0 Å². The zero-order valence-corrected chi connectivity index (χ0v) is 7.49. The van der Waals surface area contributed by atoms with Gasteiger partial charge in [0.2, 0.25) is 5.75 Å². The standard InChI is InChI=1S/C7H4F4N2O3/c8-6-5(13(14)15)4(1-2-12-6)16-3-7(9,10)11/h1-2H,3H2. The predicted molar refractivity (Wildman–Crippen MR) is 42.4 cm³/mol. The van der Waals surface area contributed by atoms with Crippen molar-refractivity contribution in [2.75, 3.05) is 6.61 Å². The first-order valence-corrected chi connectivity index (χ1v) is 3.79. The van der Waals surface area contributed by atoms with Gasteiger partial charge in [0, 0.05) is 12.3 Å². The van der Waals surface area contributed by atoms with Crippen LogP contribution < -0.4 is 4.74 Å². The quantitative estimate of drug-likeness (QED) is 0.351. The Morgan fingerprint density at radius 2 is 2.12 bits per heavy atom. The van der Waals surface area contributed by atoms with E-state index < -0.39 is 35.1 Å². The van der Waals surface area contributed by atoms with Crippen molar-refractivity contribution < 1.29 is 27.2 Å². The van der Waals surface area contributed by atoms with E-state index >= 15 is 0 Å². The molecule has 0 radical (unpaired) electrons. The molecule has 1 aromatic heterocycles. The van der Waals surface area contributed by atoms with Crippen molar-refractivity contribution in [3.8, 4) is 5.75 Å². The average molecular weight is 240 g/mol. The lowest BCUT2D eigenvalue weighted by molar-refractivity contribution is -0.389. The summed E-state index contributed by atoms with van der Waals surface area (Å²) in [6, 6.07) is 0.785. The summed E-state index contributed by atoms with van der Waals surface area (Å²) in [4.78, 5) is 12.1. The molecule has 0 bridgehead atoms. The van der Waals surface area contributed by atoms with Gasteiger partial charge in [0.05, 0.1) is 4.92 Å². The van der Waals surface area contributed by atoms with Crippen LogP contribution in [0.2, 0.25) is 0 Å². The summed E-state index contributed by atoms with van der Waals surface area (Å²) in [5, 5.41) is 10.3. The molecule has 0 fully saturated rings. The largest absolute Gasteiger partial charge is 0.477 e. The average Bonchev–Trinajstić information content (AvgIpc) is 2.12. The molecule has 5 nitrogen and oxygen atoms in total. The van der Waals surface area contributed by atoms with Crippen LogP contribution in [0.3, 0.4) is 0 Å². The van der Waals surface area contributed by atoms with E-state index in [9.17, 15) is 27.7 Å². The highest BCUT2D eigenvalue weighted by atomic mass is 19.4. The zero-order chi connectivity index (χ0) is 12.3. The molecule has 0 saturated heterocycles. The Morgan fingerprint density at radius 3 is 2.62 bits per heavy atom. The molecule has 0 aliphatic heterocycles. The summed E-state index contributed by atoms with van der Waals surface area (Å²) in [5.74, 6) is -2.31. The minimum absolute atomic E-state index is 0.772. The number of rotatable bonds is 3. The number of ether oxygens (including phenoxy) is 1. The molecule has 1 aromatic rings. The molecule has 0 spiro atoms. The van der Waals surface area contributed by atoms with Gasteiger partial charge in [-0.25, -0.2) is 4.98 Å². The lowest BCUT2D eigenvalue weighted by Gasteiger charge is -2.08. The van der Waals surface area contributed by atoms with E-state index in [1.54, 1.807) is 0 Å². The summed E-state index contributed by atoms with van der Waals surface area (Å²) in [6.07, 6.45) is -3.89. The molecule has 0 aromatic carbocycles. The lowest BCUT2D eigenvalue weighted by atomic mass is 10.4. The molecule has 88 valence electrons. The van der Waals surface area contributed by atoms with Crippen LogP contribution in [0.1, 0.15) is 0 Å². The highest BCUT2D eigenvalue weighted by Crippen LogP contribution is 2.29. The van der Waals surface area contributed by atoms with Gasteiger partial charge in [-0.05, 0) is 0 Å². The second kappa shape index (κ2) is 4.29. The summed E-state index contributed by atoms with van der Waals surface area (Å²) in [7, 11) is 0. The van der Waals surface area contributed by atoms with E-state index in [0.29, 0.717) is 0 Å². The molecular weight excluding hydrogens is 236 g/mol. The molecule has 16 heavy (non-hydrogen) atoms. The SMILES string of the molecule is O=[N+]([O-])c1c(OCC(F)(F)F)ccnc1F.